The van der Waals surface area contributed by atoms with E-state index in [0.29, 0.717) is 11.3 Å². The molecule has 0 atom stereocenters. The van der Waals surface area contributed by atoms with E-state index in [2.05, 4.69) is 4.98 Å². The second-order valence-electron chi connectivity index (χ2n) is 4.37. The first-order valence-electron chi connectivity index (χ1n) is 4.20. The van der Waals surface area contributed by atoms with Crippen LogP contribution in [0.5, 0.6) is 0 Å². The quantitative estimate of drug-likeness (QED) is 0.706. The molecule has 0 aliphatic heterocycles. The largest absolute Gasteiger partial charge is 0.443 e. The zero-order valence-corrected chi connectivity index (χ0v) is 9.09. The third kappa shape index (κ3) is 3.29. The molecule has 80 valence electrons. The number of alkyl halides is 3. The molecule has 0 spiro atoms. The van der Waals surface area contributed by atoms with E-state index in [0.717, 1.165) is 11.3 Å². The van der Waals surface area contributed by atoms with Gasteiger partial charge in [-0.15, -0.1) is 11.3 Å². The lowest BCUT2D eigenvalue weighted by Crippen LogP contribution is -2.07. The molecule has 1 aromatic rings. The molecule has 0 aliphatic rings. The van der Waals surface area contributed by atoms with Crippen molar-refractivity contribution in [1.82, 2.24) is 4.98 Å². The zero-order chi connectivity index (χ0) is 11.0. The predicted molar refractivity (Wildman–Crippen MR) is 50.3 cm³/mol. The highest BCUT2D eigenvalue weighted by Crippen LogP contribution is 2.34. The molecule has 1 rings (SSSR count). The van der Waals surface area contributed by atoms with Gasteiger partial charge in [-0.3, -0.25) is 0 Å². The van der Waals surface area contributed by atoms with Crippen molar-refractivity contribution in [3.05, 3.63) is 16.1 Å². The van der Waals surface area contributed by atoms with E-state index in [4.69, 9.17) is 0 Å². The van der Waals surface area contributed by atoms with Crippen LogP contribution in [-0.4, -0.2) is 4.98 Å². The lowest BCUT2D eigenvalue weighted by molar-refractivity contribution is -0.137. The van der Waals surface area contributed by atoms with Gasteiger partial charge in [0.05, 0.1) is 0 Å². The molecule has 1 nitrogen and oxygen atoms in total. The highest BCUT2D eigenvalue weighted by Gasteiger charge is 2.34. The monoisotopic (exact) mass is 223 g/mol. The Balaban J connectivity index is 2.79. The first-order valence-corrected chi connectivity index (χ1v) is 5.02. The van der Waals surface area contributed by atoms with Crippen molar-refractivity contribution in [1.29, 1.82) is 0 Å². The number of hydrogen-bond donors (Lipinski definition) is 0. The maximum Gasteiger partial charge on any atom is 0.443 e. The fourth-order valence-electron chi connectivity index (χ4n) is 1.04. The molecule has 0 N–H and O–H groups in total. The molecule has 5 heteroatoms. The Kier molecular flexibility index (Phi) is 2.90. The lowest BCUT2D eigenvalue weighted by atomic mass is 9.92. The number of halogens is 3. The standard InChI is InChI=1S/C9H12F3NS/c1-8(2,3)4-6-5-13-7(14-6)9(10,11)12/h5H,4H2,1-3H3. The van der Waals surface area contributed by atoms with Crippen LogP contribution < -0.4 is 0 Å². The maximum atomic E-state index is 12.2. The highest BCUT2D eigenvalue weighted by molar-refractivity contribution is 7.11. The van der Waals surface area contributed by atoms with Crippen LogP contribution in [0.1, 0.15) is 30.7 Å². The number of aromatic nitrogens is 1. The van der Waals surface area contributed by atoms with Crippen molar-refractivity contribution in [2.24, 2.45) is 5.41 Å². The number of thiazole rings is 1. The molecule has 0 bridgehead atoms. The Morgan fingerprint density at radius 3 is 2.21 bits per heavy atom. The minimum Gasteiger partial charge on any atom is -0.240 e. The Labute approximate surface area is 85.0 Å². The molecule has 0 aromatic carbocycles. The number of nitrogens with zero attached hydrogens (tertiary/aromatic N) is 1. The van der Waals surface area contributed by atoms with Gasteiger partial charge >= 0.3 is 6.18 Å². The molecular formula is C9H12F3NS. The molecule has 0 fully saturated rings. The van der Waals surface area contributed by atoms with Crippen LogP contribution in [-0.2, 0) is 12.6 Å². The van der Waals surface area contributed by atoms with Crippen molar-refractivity contribution >= 4 is 11.3 Å². The second kappa shape index (κ2) is 3.53. The SMILES string of the molecule is CC(C)(C)Cc1cnc(C(F)(F)F)s1. The molecule has 14 heavy (non-hydrogen) atoms. The summed E-state index contributed by atoms with van der Waals surface area (Å²) in [5, 5.41) is -0.753. The van der Waals surface area contributed by atoms with E-state index in [1.807, 2.05) is 20.8 Å². The van der Waals surface area contributed by atoms with Gasteiger partial charge < -0.3 is 0 Å². The second-order valence-corrected chi connectivity index (χ2v) is 5.48. The summed E-state index contributed by atoms with van der Waals surface area (Å²) in [5.74, 6) is 0. The molecule has 0 saturated carbocycles. The van der Waals surface area contributed by atoms with Gasteiger partial charge in [-0.25, -0.2) is 4.98 Å². The minimum atomic E-state index is -4.30. The fraction of sp³-hybridized carbons (Fsp3) is 0.667. The topological polar surface area (TPSA) is 12.9 Å². The molecule has 1 heterocycles. The Hall–Kier alpha value is -0.580. The first-order chi connectivity index (χ1) is 6.18. The third-order valence-electron chi connectivity index (χ3n) is 1.50. The van der Waals surface area contributed by atoms with E-state index < -0.39 is 11.2 Å². The smallest absolute Gasteiger partial charge is 0.240 e. The average molecular weight is 223 g/mol. The Morgan fingerprint density at radius 2 is 1.86 bits per heavy atom. The number of hydrogen-bond acceptors (Lipinski definition) is 2. The van der Waals surface area contributed by atoms with Crippen LogP contribution in [0.4, 0.5) is 13.2 Å². The molecule has 1 aromatic heterocycles. The summed E-state index contributed by atoms with van der Waals surface area (Å²) in [6.45, 7) is 5.96. The van der Waals surface area contributed by atoms with Crippen molar-refractivity contribution in [2.75, 3.05) is 0 Å². The maximum absolute atomic E-state index is 12.2. The molecule has 0 amide bonds. The van der Waals surface area contributed by atoms with E-state index >= 15 is 0 Å². The summed E-state index contributed by atoms with van der Waals surface area (Å²) in [6.07, 6.45) is -2.36. The van der Waals surface area contributed by atoms with Crippen LogP contribution in [0, 0.1) is 5.41 Å². The predicted octanol–water partition coefficient (Wildman–Crippen LogP) is 3.75. The van der Waals surface area contributed by atoms with Crippen molar-refractivity contribution < 1.29 is 13.2 Å². The van der Waals surface area contributed by atoms with Crippen LogP contribution in [0.2, 0.25) is 0 Å². The first kappa shape index (κ1) is 11.5. The summed E-state index contributed by atoms with van der Waals surface area (Å²) < 4.78 is 36.5. The van der Waals surface area contributed by atoms with Crippen molar-refractivity contribution in [2.45, 2.75) is 33.4 Å². The highest BCUT2D eigenvalue weighted by atomic mass is 32.1. The normalized spacial score (nSPS) is 13.3. The third-order valence-corrected chi connectivity index (χ3v) is 2.54. The van der Waals surface area contributed by atoms with Crippen LogP contribution in [0.3, 0.4) is 0 Å². The minimum absolute atomic E-state index is 0.00456. The summed E-state index contributed by atoms with van der Waals surface area (Å²) >= 11 is 0.731. The van der Waals surface area contributed by atoms with Gasteiger partial charge in [0, 0.05) is 11.1 Å². The van der Waals surface area contributed by atoms with Crippen molar-refractivity contribution in [3.63, 3.8) is 0 Å². The summed E-state index contributed by atoms with van der Waals surface area (Å²) in [4.78, 5) is 4.05. The summed E-state index contributed by atoms with van der Waals surface area (Å²) in [6, 6.07) is 0. The summed E-state index contributed by atoms with van der Waals surface area (Å²) in [5.41, 5.74) is -0.00456. The molecule has 0 saturated heterocycles. The van der Waals surface area contributed by atoms with Crippen LogP contribution in [0.25, 0.3) is 0 Å². The van der Waals surface area contributed by atoms with E-state index in [1.54, 1.807) is 0 Å². The molecule has 0 aliphatic carbocycles. The van der Waals surface area contributed by atoms with Crippen LogP contribution >= 0.6 is 11.3 Å². The number of rotatable bonds is 1. The van der Waals surface area contributed by atoms with E-state index in [-0.39, 0.29) is 5.41 Å². The molecule has 0 unspecified atom stereocenters. The average Bonchev–Trinajstić information content (AvgIpc) is 2.29. The van der Waals surface area contributed by atoms with Crippen LogP contribution in [0.15, 0.2) is 6.20 Å². The molecule has 0 radical (unpaired) electrons. The van der Waals surface area contributed by atoms with E-state index in [9.17, 15) is 13.2 Å². The Bertz CT molecular complexity index is 309. The van der Waals surface area contributed by atoms with Gasteiger partial charge in [0.1, 0.15) is 0 Å². The summed E-state index contributed by atoms with van der Waals surface area (Å²) in [7, 11) is 0. The van der Waals surface area contributed by atoms with Gasteiger partial charge in [0.15, 0.2) is 5.01 Å². The molecular weight excluding hydrogens is 211 g/mol. The van der Waals surface area contributed by atoms with Gasteiger partial charge in [-0.05, 0) is 11.8 Å². The lowest BCUT2D eigenvalue weighted by Gasteiger charge is -2.15. The van der Waals surface area contributed by atoms with E-state index in [1.165, 1.54) is 6.20 Å². The van der Waals surface area contributed by atoms with Gasteiger partial charge in [0.25, 0.3) is 0 Å². The van der Waals surface area contributed by atoms with Crippen molar-refractivity contribution in [3.8, 4) is 0 Å². The van der Waals surface area contributed by atoms with Gasteiger partial charge in [0.2, 0.25) is 0 Å². The zero-order valence-electron chi connectivity index (χ0n) is 8.27. The fourth-order valence-corrected chi connectivity index (χ4v) is 2.12. The van der Waals surface area contributed by atoms with Gasteiger partial charge in [-0.2, -0.15) is 13.2 Å². The van der Waals surface area contributed by atoms with Gasteiger partial charge in [-0.1, -0.05) is 20.8 Å². The Morgan fingerprint density at radius 1 is 1.29 bits per heavy atom.